The van der Waals surface area contributed by atoms with Crippen LogP contribution in [0.1, 0.15) is 13.3 Å². The van der Waals surface area contributed by atoms with Gasteiger partial charge in [-0.2, -0.15) is 0 Å². The van der Waals surface area contributed by atoms with Gasteiger partial charge >= 0.3 is 0 Å². The summed E-state index contributed by atoms with van der Waals surface area (Å²) in [5.74, 6) is -0.563. The highest BCUT2D eigenvalue weighted by Gasteiger charge is 2.08. The summed E-state index contributed by atoms with van der Waals surface area (Å²) in [5, 5.41) is 5.60. The molecule has 0 saturated heterocycles. The molecule has 1 heterocycles. The van der Waals surface area contributed by atoms with Gasteiger partial charge in [0.05, 0.1) is 17.4 Å². The largest absolute Gasteiger partial charge is 0.355 e. The first-order chi connectivity index (χ1) is 11.0. The summed E-state index contributed by atoms with van der Waals surface area (Å²) < 4.78 is 1.62. The van der Waals surface area contributed by atoms with E-state index in [2.05, 4.69) is 15.6 Å². The van der Waals surface area contributed by atoms with E-state index >= 15 is 0 Å². The Morgan fingerprint density at radius 1 is 1.22 bits per heavy atom. The molecule has 7 nitrogen and oxygen atoms in total. The van der Waals surface area contributed by atoms with Crippen LogP contribution in [0.25, 0.3) is 10.9 Å². The number of aromatic amines is 1. The monoisotopic (exact) mass is 334 g/mol. The molecule has 23 heavy (non-hydrogen) atoms. The SMILES string of the molecule is CCNC(=O)CNC(=O)CCn1c(=S)[nH]c2ccccc2c1=O. The molecule has 1 aromatic carbocycles. The van der Waals surface area contributed by atoms with Gasteiger partial charge in [0, 0.05) is 19.5 Å². The number of benzene rings is 1. The molecule has 0 aliphatic heterocycles. The second-order valence-electron chi connectivity index (χ2n) is 4.91. The molecule has 0 aliphatic rings. The second-order valence-corrected chi connectivity index (χ2v) is 5.30. The van der Waals surface area contributed by atoms with Crippen LogP contribution < -0.4 is 16.2 Å². The minimum atomic E-state index is -0.314. The van der Waals surface area contributed by atoms with E-state index in [4.69, 9.17) is 12.2 Å². The molecule has 0 bridgehead atoms. The number of para-hydroxylation sites is 1. The zero-order valence-electron chi connectivity index (χ0n) is 12.7. The van der Waals surface area contributed by atoms with Crippen molar-refractivity contribution >= 4 is 34.9 Å². The van der Waals surface area contributed by atoms with E-state index in [1.54, 1.807) is 25.1 Å². The van der Waals surface area contributed by atoms with Gasteiger partial charge < -0.3 is 15.6 Å². The van der Waals surface area contributed by atoms with Crippen LogP contribution in [-0.4, -0.2) is 34.5 Å². The van der Waals surface area contributed by atoms with Crippen LogP contribution in [0, 0.1) is 4.77 Å². The zero-order chi connectivity index (χ0) is 16.8. The van der Waals surface area contributed by atoms with Gasteiger partial charge in [0.1, 0.15) is 0 Å². The van der Waals surface area contributed by atoms with Crippen molar-refractivity contribution in [1.82, 2.24) is 20.2 Å². The Bertz CT molecular complexity index is 840. The van der Waals surface area contributed by atoms with Crippen molar-refractivity contribution in [2.45, 2.75) is 19.9 Å². The molecule has 3 N–H and O–H groups in total. The standard InChI is InChI=1S/C15H18N4O3S/c1-2-16-13(21)9-17-12(20)7-8-19-14(22)10-5-3-4-6-11(10)18-15(19)23/h3-6H,2,7-9H2,1H3,(H,16,21)(H,17,20)(H,18,23). The fraction of sp³-hybridized carbons (Fsp3) is 0.333. The highest BCUT2D eigenvalue weighted by Crippen LogP contribution is 2.06. The molecule has 122 valence electrons. The molecule has 0 saturated carbocycles. The number of amides is 2. The lowest BCUT2D eigenvalue weighted by Gasteiger charge is -2.08. The molecular weight excluding hydrogens is 316 g/mol. The highest BCUT2D eigenvalue weighted by atomic mass is 32.1. The Labute approximate surface area is 137 Å². The predicted octanol–water partition coefficient (Wildman–Crippen LogP) is 0.701. The number of carbonyl (C=O) groups is 2. The van der Waals surface area contributed by atoms with Gasteiger partial charge in [-0.15, -0.1) is 0 Å². The summed E-state index contributed by atoms with van der Waals surface area (Å²) in [7, 11) is 0. The lowest BCUT2D eigenvalue weighted by Crippen LogP contribution is -2.37. The zero-order valence-corrected chi connectivity index (χ0v) is 13.5. The third kappa shape index (κ3) is 4.26. The Morgan fingerprint density at radius 2 is 1.96 bits per heavy atom. The maximum Gasteiger partial charge on any atom is 0.262 e. The molecule has 0 radical (unpaired) electrons. The minimum absolute atomic E-state index is 0.0646. The van der Waals surface area contributed by atoms with Crippen LogP contribution in [-0.2, 0) is 16.1 Å². The van der Waals surface area contributed by atoms with Crippen LogP contribution >= 0.6 is 12.2 Å². The highest BCUT2D eigenvalue weighted by molar-refractivity contribution is 7.71. The minimum Gasteiger partial charge on any atom is -0.355 e. The Kier molecular flexibility index (Phi) is 5.64. The number of nitrogens with zero attached hydrogens (tertiary/aromatic N) is 1. The van der Waals surface area contributed by atoms with Crippen molar-refractivity contribution in [2.75, 3.05) is 13.1 Å². The number of carbonyl (C=O) groups excluding carboxylic acids is 2. The number of H-pyrrole nitrogens is 1. The number of fused-ring (bicyclic) bond motifs is 1. The summed E-state index contributed by atoms with van der Waals surface area (Å²) in [6.45, 7) is 2.39. The average Bonchev–Trinajstić information content (AvgIpc) is 2.53. The second kappa shape index (κ2) is 7.68. The van der Waals surface area contributed by atoms with Crippen LogP contribution in [0.15, 0.2) is 29.1 Å². The van der Waals surface area contributed by atoms with Gasteiger partial charge in [0.15, 0.2) is 4.77 Å². The van der Waals surface area contributed by atoms with Crippen LogP contribution in [0.3, 0.4) is 0 Å². The van der Waals surface area contributed by atoms with E-state index in [0.717, 1.165) is 0 Å². The number of aromatic nitrogens is 2. The van der Waals surface area contributed by atoms with Gasteiger partial charge in [0.2, 0.25) is 11.8 Å². The summed E-state index contributed by atoms with van der Waals surface area (Å²) in [6, 6.07) is 7.06. The van der Waals surface area contributed by atoms with Gasteiger partial charge in [-0.1, -0.05) is 12.1 Å². The Hall–Kier alpha value is -2.48. The topological polar surface area (TPSA) is 96.0 Å². The van der Waals surface area contributed by atoms with Crippen LogP contribution in [0.5, 0.6) is 0 Å². The van der Waals surface area contributed by atoms with E-state index in [9.17, 15) is 14.4 Å². The Balaban J connectivity index is 2.05. The maximum atomic E-state index is 12.4. The van der Waals surface area contributed by atoms with Crippen molar-refractivity contribution in [3.8, 4) is 0 Å². The van der Waals surface area contributed by atoms with Gasteiger partial charge in [-0.25, -0.2) is 0 Å². The number of nitrogens with one attached hydrogen (secondary N) is 3. The molecule has 1 aromatic heterocycles. The van der Waals surface area contributed by atoms with E-state index in [-0.39, 0.29) is 41.7 Å². The lowest BCUT2D eigenvalue weighted by atomic mass is 10.2. The van der Waals surface area contributed by atoms with Gasteiger partial charge in [0.25, 0.3) is 5.56 Å². The van der Waals surface area contributed by atoms with E-state index in [1.807, 2.05) is 6.07 Å². The van der Waals surface area contributed by atoms with Crippen molar-refractivity contribution in [3.63, 3.8) is 0 Å². The quantitative estimate of drug-likeness (QED) is 0.678. The Morgan fingerprint density at radius 3 is 2.70 bits per heavy atom. The molecule has 2 rings (SSSR count). The molecule has 8 heteroatoms. The lowest BCUT2D eigenvalue weighted by molar-refractivity contribution is -0.126. The number of rotatable bonds is 6. The van der Waals surface area contributed by atoms with Crippen LogP contribution in [0.2, 0.25) is 0 Å². The number of likely N-dealkylation sites (N-methyl/N-ethyl adjacent to an activating group) is 1. The number of hydrogen-bond acceptors (Lipinski definition) is 4. The summed E-state index contributed by atoms with van der Waals surface area (Å²) in [6.07, 6.45) is 0.0646. The molecule has 0 unspecified atom stereocenters. The fourth-order valence-electron chi connectivity index (χ4n) is 2.14. The molecule has 2 amide bonds. The summed E-state index contributed by atoms with van der Waals surface area (Å²) in [5.41, 5.74) is 0.431. The first-order valence-electron chi connectivity index (χ1n) is 7.28. The molecule has 0 aliphatic carbocycles. The van der Waals surface area contributed by atoms with E-state index < -0.39 is 0 Å². The third-order valence-electron chi connectivity index (χ3n) is 3.27. The predicted molar refractivity (Wildman–Crippen MR) is 89.7 cm³/mol. The molecular formula is C15H18N4O3S. The van der Waals surface area contributed by atoms with E-state index in [0.29, 0.717) is 17.4 Å². The van der Waals surface area contributed by atoms with Crippen molar-refractivity contribution in [3.05, 3.63) is 39.4 Å². The molecule has 2 aromatic rings. The maximum absolute atomic E-state index is 12.4. The molecule has 0 atom stereocenters. The van der Waals surface area contributed by atoms with Gasteiger partial charge in [-0.3, -0.25) is 19.0 Å². The molecule has 0 spiro atoms. The van der Waals surface area contributed by atoms with Crippen molar-refractivity contribution in [1.29, 1.82) is 0 Å². The normalized spacial score (nSPS) is 10.5. The van der Waals surface area contributed by atoms with Gasteiger partial charge in [-0.05, 0) is 31.3 Å². The third-order valence-corrected chi connectivity index (χ3v) is 3.59. The summed E-state index contributed by atoms with van der Waals surface area (Å²) >= 11 is 5.17. The van der Waals surface area contributed by atoms with Crippen LogP contribution in [0.4, 0.5) is 0 Å². The fourth-order valence-corrected chi connectivity index (χ4v) is 2.43. The smallest absolute Gasteiger partial charge is 0.262 e. The van der Waals surface area contributed by atoms with Crippen molar-refractivity contribution < 1.29 is 9.59 Å². The first kappa shape index (κ1) is 16.9. The number of hydrogen-bond donors (Lipinski definition) is 3. The van der Waals surface area contributed by atoms with E-state index in [1.165, 1.54) is 4.57 Å². The first-order valence-corrected chi connectivity index (χ1v) is 7.69. The summed E-state index contributed by atoms with van der Waals surface area (Å²) in [4.78, 5) is 38.4. The van der Waals surface area contributed by atoms with Crippen molar-refractivity contribution in [2.24, 2.45) is 0 Å². The average molecular weight is 334 g/mol. The molecule has 0 fully saturated rings.